The van der Waals surface area contributed by atoms with Gasteiger partial charge in [-0.05, 0) is 75.9 Å². The van der Waals surface area contributed by atoms with Crippen molar-refractivity contribution in [3.05, 3.63) is 96.1 Å². The van der Waals surface area contributed by atoms with Crippen molar-refractivity contribution in [2.24, 2.45) is 5.73 Å². The molecule has 0 saturated carbocycles. The van der Waals surface area contributed by atoms with E-state index >= 15 is 0 Å². The van der Waals surface area contributed by atoms with Gasteiger partial charge in [0.1, 0.15) is 6.10 Å². The Morgan fingerprint density at radius 3 is 1.86 bits per heavy atom. The number of aliphatic carboxylic acids is 1. The molecule has 0 aliphatic carbocycles. The largest absolute Gasteiger partial charge is 0.481 e. The Bertz CT molecular complexity index is 1020. The van der Waals surface area contributed by atoms with Crippen molar-refractivity contribution in [1.82, 2.24) is 0 Å². The number of amides is 1. The van der Waals surface area contributed by atoms with E-state index in [2.05, 4.69) is 0 Å². The van der Waals surface area contributed by atoms with E-state index in [4.69, 9.17) is 15.6 Å². The maximum Gasteiger partial charge on any atom is 0.419 e. The number of ether oxygens (including phenoxy) is 1. The SMILES string of the molecule is CC(C)(C)N.CC(CCc1cccc(CC(=O)O)c1)OC(=O)N(c1ccccc1)c1ccccc1. The van der Waals surface area contributed by atoms with Crippen molar-refractivity contribution >= 4 is 23.4 Å². The fourth-order valence-electron chi connectivity index (χ4n) is 3.24. The molecule has 0 saturated heterocycles. The van der Waals surface area contributed by atoms with Crippen LogP contribution >= 0.6 is 0 Å². The molecule has 0 spiro atoms. The lowest BCUT2D eigenvalue weighted by Crippen LogP contribution is -2.30. The van der Waals surface area contributed by atoms with E-state index in [9.17, 15) is 9.59 Å². The van der Waals surface area contributed by atoms with Crippen LogP contribution in [0.15, 0.2) is 84.9 Å². The number of hydrogen-bond acceptors (Lipinski definition) is 4. The number of nitrogens with zero attached hydrogens (tertiary/aromatic N) is 1. The van der Waals surface area contributed by atoms with Crippen LogP contribution in [0.1, 0.15) is 45.2 Å². The average Bonchev–Trinajstić information content (AvgIpc) is 2.78. The smallest absolute Gasteiger partial charge is 0.419 e. The highest BCUT2D eigenvalue weighted by Gasteiger charge is 2.21. The molecule has 0 fully saturated rings. The predicted octanol–water partition coefficient (Wildman–Crippen LogP) is 6.35. The van der Waals surface area contributed by atoms with E-state index in [1.54, 1.807) is 11.0 Å². The summed E-state index contributed by atoms with van der Waals surface area (Å²) in [6.45, 7) is 7.76. The molecule has 0 aliphatic rings. The molecular weight excluding hydrogens is 440 g/mol. The molecule has 1 atom stereocenters. The van der Waals surface area contributed by atoms with Gasteiger partial charge in [-0.2, -0.15) is 0 Å². The van der Waals surface area contributed by atoms with Gasteiger partial charge in [-0.3, -0.25) is 4.79 Å². The number of anilines is 2. The average molecular weight is 477 g/mol. The number of para-hydroxylation sites is 2. The zero-order valence-electron chi connectivity index (χ0n) is 21.0. The van der Waals surface area contributed by atoms with Gasteiger partial charge < -0.3 is 15.6 Å². The molecule has 1 unspecified atom stereocenters. The zero-order chi connectivity index (χ0) is 25.8. The van der Waals surface area contributed by atoms with E-state index in [-0.39, 0.29) is 18.1 Å². The summed E-state index contributed by atoms with van der Waals surface area (Å²) in [6.07, 6.45) is 0.606. The summed E-state index contributed by atoms with van der Waals surface area (Å²) in [6, 6.07) is 26.3. The van der Waals surface area contributed by atoms with Crippen LogP contribution in [0.3, 0.4) is 0 Å². The molecule has 6 heteroatoms. The van der Waals surface area contributed by atoms with Crippen LogP contribution in [0.5, 0.6) is 0 Å². The number of aryl methyl sites for hydroxylation is 1. The summed E-state index contributed by atoms with van der Waals surface area (Å²) in [4.78, 5) is 25.4. The number of carbonyl (C=O) groups excluding carboxylic acids is 1. The first-order valence-corrected chi connectivity index (χ1v) is 11.7. The lowest BCUT2D eigenvalue weighted by atomic mass is 10.0. The molecule has 0 radical (unpaired) electrons. The zero-order valence-corrected chi connectivity index (χ0v) is 21.0. The molecule has 186 valence electrons. The van der Waals surface area contributed by atoms with Gasteiger partial charge in [0.15, 0.2) is 0 Å². The summed E-state index contributed by atoms with van der Waals surface area (Å²) < 4.78 is 5.73. The minimum Gasteiger partial charge on any atom is -0.481 e. The van der Waals surface area contributed by atoms with Crippen LogP contribution < -0.4 is 10.6 Å². The van der Waals surface area contributed by atoms with Gasteiger partial charge in [0, 0.05) is 5.54 Å². The number of carbonyl (C=O) groups is 2. The minimum atomic E-state index is -0.851. The van der Waals surface area contributed by atoms with Crippen LogP contribution in [-0.4, -0.2) is 28.8 Å². The molecule has 35 heavy (non-hydrogen) atoms. The lowest BCUT2D eigenvalue weighted by molar-refractivity contribution is -0.136. The van der Waals surface area contributed by atoms with Crippen molar-refractivity contribution in [2.45, 2.75) is 58.6 Å². The normalized spacial score (nSPS) is 11.6. The maximum atomic E-state index is 13.0. The first-order valence-electron chi connectivity index (χ1n) is 11.7. The number of nitrogens with two attached hydrogens (primary N) is 1. The molecular formula is C29H36N2O4. The number of carboxylic acids is 1. The number of hydrogen-bond donors (Lipinski definition) is 2. The quantitative estimate of drug-likeness (QED) is 0.395. The van der Waals surface area contributed by atoms with E-state index in [0.717, 1.165) is 22.5 Å². The topological polar surface area (TPSA) is 92.9 Å². The van der Waals surface area contributed by atoms with Gasteiger partial charge in [0.2, 0.25) is 0 Å². The maximum absolute atomic E-state index is 13.0. The second-order valence-corrected chi connectivity index (χ2v) is 9.50. The van der Waals surface area contributed by atoms with Crippen molar-refractivity contribution in [3.8, 4) is 0 Å². The van der Waals surface area contributed by atoms with Gasteiger partial charge in [-0.15, -0.1) is 0 Å². The predicted molar refractivity (Wildman–Crippen MR) is 141 cm³/mol. The first-order chi connectivity index (χ1) is 16.5. The van der Waals surface area contributed by atoms with Crippen LogP contribution in [0.2, 0.25) is 0 Å². The molecule has 0 bridgehead atoms. The third-order valence-electron chi connectivity index (χ3n) is 4.70. The molecule has 1 amide bonds. The second kappa shape index (κ2) is 13.3. The van der Waals surface area contributed by atoms with Crippen molar-refractivity contribution < 1.29 is 19.4 Å². The number of benzene rings is 3. The summed E-state index contributed by atoms with van der Waals surface area (Å²) in [5.41, 5.74) is 8.63. The number of carboxylic acid groups (broad SMARTS) is 1. The van der Waals surface area contributed by atoms with Crippen LogP contribution in [0.4, 0.5) is 16.2 Å². The molecule has 6 nitrogen and oxygen atoms in total. The van der Waals surface area contributed by atoms with Crippen molar-refractivity contribution in [1.29, 1.82) is 0 Å². The molecule has 0 aliphatic heterocycles. The third-order valence-corrected chi connectivity index (χ3v) is 4.70. The molecule has 3 aromatic carbocycles. The highest BCUT2D eigenvalue weighted by atomic mass is 16.6. The molecule has 0 aromatic heterocycles. The summed E-state index contributed by atoms with van der Waals surface area (Å²) in [5.74, 6) is -0.851. The van der Waals surface area contributed by atoms with E-state index < -0.39 is 12.1 Å². The monoisotopic (exact) mass is 476 g/mol. The summed E-state index contributed by atoms with van der Waals surface area (Å²) >= 11 is 0. The van der Waals surface area contributed by atoms with E-state index in [1.165, 1.54) is 0 Å². The third kappa shape index (κ3) is 10.9. The molecule has 3 N–H and O–H groups in total. The number of rotatable bonds is 8. The first kappa shape index (κ1) is 27.6. The standard InChI is InChI=1S/C25H25NO4.C4H11N/c1-19(15-16-20-9-8-10-21(17-20)18-24(27)28)30-25(29)26(22-11-4-2-5-12-22)23-13-6-3-7-14-23;1-4(2,3)5/h2-14,17,19H,15-16,18H2,1H3,(H,27,28);5H2,1-3H3. The van der Waals surface area contributed by atoms with Gasteiger partial charge in [0.25, 0.3) is 0 Å². The molecule has 0 heterocycles. The Morgan fingerprint density at radius 2 is 1.37 bits per heavy atom. The fourth-order valence-corrected chi connectivity index (χ4v) is 3.24. The highest BCUT2D eigenvalue weighted by molar-refractivity contribution is 5.96. The Morgan fingerprint density at radius 1 is 0.886 bits per heavy atom. The highest BCUT2D eigenvalue weighted by Crippen LogP contribution is 2.26. The van der Waals surface area contributed by atoms with Gasteiger partial charge in [0.05, 0.1) is 17.8 Å². The van der Waals surface area contributed by atoms with Crippen LogP contribution in [0.25, 0.3) is 0 Å². The Balaban J connectivity index is 0.000000784. The van der Waals surface area contributed by atoms with Gasteiger partial charge in [-0.25, -0.2) is 9.69 Å². The Kier molecular flexibility index (Phi) is 10.5. The Labute approximate surface area is 208 Å². The summed E-state index contributed by atoms with van der Waals surface area (Å²) in [7, 11) is 0. The van der Waals surface area contributed by atoms with Crippen molar-refractivity contribution in [3.63, 3.8) is 0 Å². The van der Waals surface area contributed by atoms with Gasteiger partial charge in [-0.1, -0.05) is 60.7 Å². The summed E-state index contributed by atoms with van der Waals surface area (Å²) in [5, 5.41) is 8.95. The van der Waals surface area contributed by atoms with E-state index in [0.29, 0.717) is 12.8 Å². The van der Waals surface area contributed by atoms with Crippen LogP contribution in [0, 0.1) is 0 Å². The lowest BCUT2D eigenvalue weighted by Gasteiger charge is -2.24. The second-order valence-electron chi connectivity index (χ2n) is 9.50. The fraction of sp³-hybridized carbons (Fsp3) is 0.310. The Hall–Kier alpha value is -3.64. The van der Waals surface area contributed by atoms with E-state index in [1.807, 2.05) is 107 Å². The van der Waals surface area contributed by atoms with Crippen molar-refractivity contribution in [2.75, 3.05) is 4.90 Å². The van der Waals surface area contributed by atoms with Crippen LogP contribution in [-0.2, 0) is 22.4 Å². The minimum absolute atomic E-state index is 0. The molecule has 3 aromatic rings. The van der Waals surface area contributed by atoms with Gasteiger partial charge >= 0.3 is 12.1 Å². The molecule has 3 rings (SSSR count).